The van der Waals surface area contributed by atoms with E-state index in [9.17, 15) is 4.39 Å². The topological polar surface area (TPSA) is 27.3 Å². The third kappa shape index (κ3) is 4.32. The molecule has 1 fully saturated rings. The van der Waals surface area contributed by atoms with E-state index in [2.05, 4.69) is 15.5 Å². The van der Waals surface area contributed by atoms with Gasteiger partial charge in [0.05, 0.1) is 0 Å². The van der Waals surface area contributed by atoms with Gasteiger partial charge in [-0.05, 0) is 31.2 Å². The molecule has 0 spiro atoms. The van der Waals surface area contributed by atoms with Gasteiger partial charge in [0.1, 0.15) is 5.82 Å². The quantitative estimate of drug-likeness (QED) is 0.761. The molecule has 3 nitrogen and oxygen atoms in total. The normalized spacial score (nSPS) is 17.0. The van der Waals surface area contributed by atoms with Crippen LogP contribution in [0, 0.1) is 5.82 Å². The van der Waals surface area contributed by atoms with Gasteiger partial charge in [-0.1, -0.05) is 6.07 Å². The highest BCUT2D eigenvalue weighted by molar-refractivity contribution is 5.42. The van der Waals surface area contributed by atoms with Gasteiger partial charge in [0.2, 0.25) is 0 Å². The lowest BCUT2D eigenvalue weighted by Crippen LogP contribution is -2.44. The molecule has 1 heterocycles. The van der Waals surface area contributed by atoms with E-state index in [-0.39, 0.29) is 5.82 Å². The Hall–Kier alpha value is -1.13. The van der Waals surface area contributed by atoms with Crippen molar-refractivity contribution in [3.63, 3.8) is 0 Å². The molecule has 0 bridgehead atoms. The number of rotatable bonds is 5. The van der Waals surface area contributed by atoms with Crippen LogP contribution in [0.4, 0.5) is 10.1 Å². The third-order valence-electron chi connectivity index (χ3n) is 3.01. The lowest BCUT2D eigenvalue weighted by molar-refractivity contribution is 0.240. The Balaban J connectivity index is 1.62. The Kier molecular flexibility index (Phi) is 4.76. The maximum atomic E-state index is 12.9. The van der Waals surface area contributed by atoms with Crippen LogP contribution in [0.15, 0.2) is 24.3 Å². The van der Waals surface area contributed by atoms with Crippen molar-refractivity contribution in [2.75, 3.05) is 44.6 Å². The molecule has 1 aliphatic heterocycles. The van der Waals surface area contributed by atoms with Crippen LogP contribution < -0.4 is 10.6 Å². The summed E-state index contributed by atoms with van der Waals surface area (Å²) < 4.78 is 12.9. The number of benzene rings is 1. The largest absolute Gasteiger partial charge is 0.385 e. The van der Waals surface area contributed by atoms with Gasteiger partial charge in [-0.15, -0.1) is 0 Å². The van der Waals surface area contributed by atoms with Gasteiger partial charge in [0, 0.05) is 38.4 Å². The van der Waals surface area contributed by atoms with Crippen molar-refractivity contribution in [2.24, 2.45) is 0 Å². The number of hydrogen-bond acceptors (Lipinski definition) is 3. The molecule has 1 saturated heterocycles. The summed E-state index contributed by atoms with van der Waals surface area (Å²) in [6.45, 7) is 6.48. The molecule has 4 heteroatoms. The van der Waals surface area contributed by atoms with Crippen molar-refractivity contribution in [3.05, 3.63) is 30.1 Å². The average Bonchev–Trinajstić information content (AvgIpc) is 2.36. The van der Waals surface area contributed by atoms with Crippen molar-refractivity contribution in [1.82, 2.24) is 10.2 Å². The van der Waals surface area contributed by atoms with Crippen molar-refractivity contribution >= 4 is 5.69 Å². The molecule has 2 rings (SSSR count). The highest BCUT2D eigenvalue weighted by atomic mass is 19.1. The van der Waals surface area contributed by atoms with Gasteiger partial charge >= 0.3 is 0 Å². The number of anilines is 1. The smallest absolute Gasteiger partial charge is 0.125 e. The summed E-state index contributed by atoms with van der Waals surface area (Å²) >= 11 is 0. The first-order valence-corrected chi connectivity index (χ1v) is 6.27. The SMILES string of the molecule is Fc1cccc(NCCCN2CCNCC2)c1. The molecule has 0 saturated carbocycles. The van der Waals surface area contributed by atoms with Crippen LogP contribution in [0.2, 0.25) is 0 Å². The second kappa shape index (κ2) is 6.57. The van der Waals surface area contributed by atoms with E-state index in [1.54, 1.807) is 6.07 Å². The molecular weight excluding hydrogens is 217 g/mol. The second-order valence-electron chi connectivity index (χ2n) is 4.38. The Morgan fingerprint density at radius 1 is 1.29 bits per heavy atom. The Bertz CT molecular complexity index is 337. The van der Waals surface area contributed by atoms with Crippen molar-refractivity contribution in [3.8, 4) is 0 Å². The van der Waals surface area contributed by atoms with Gasteiger partial charge in [0.15, 0.2) is 0 Å². The zero-order valence-corrected chi connectivity index (χ0v) is 10.1. The minimum atomic E-state index is -0.183. The predicted molar refractivity (Wildman–Crippen MR) is 68.8 cm³/mol. The summed E-state index contributed by atoms with van der Waals surface area (Å²) in [5, 5.41) is 6.58. The number of piperazine rings is 1. The zero-order chi connectivity index (χ0) is 11.9. The standard InChI is InChI=1S/C13H20FN3/c14-12-3-1-4-13(11-12)16-5-2-8-17-9-6-15-7-10-17/h1,3-4,11,15-16H,2,5-10H2. The monoisotopic (exact) mass is 237 g/mol. The number of nitrogens with one attached hydrogen (secondary N) is 2. The van der Waals surface area contributed by atoms with Crippen LogP contribution in [-0.2, 0) is 0 Å². The fourth-order valence-corrected chi connectivity index (χ4v) is 2.07. The zero-order valence-electron chi connectivity index (χ0n) is 10.1. The maximum Gasteiger partial charge on any atom is 0.125 e. The van der Waals surface area contributed by atoms with Crippen LogP contribution in [-0.4, -0.2) is 44.2 Å². The van der Waals surface area contributed by atoms with Crippen LogP contribution in [0.5, 0.6) is 0 Å². The highest BCUT2D eigenvalue weighted by Crippen LogP contribution is 2.08. The number of hydrogen-bond donors (Lipinski definition) is 2. The van der Waals surface area contributed by atoms with Gasteiger partial charge < -0.3 is 15.5 Å². The molecule has 0 atom stereocenters. The summed E-state index contributed by atoms with van der Waals surface area (Å²) in [5.41, 5.74) is 0.866. The van der Waals surface area contributed by atoms with Crippen LogP contribution >= 0.6 is 0 Å². The molecule has 0 aromatic heterocycles. The van der Waals surface area contributed by atoms with Crippen molar-refractivity contribution in [2.45, 2.75) is 6.42 Å². The fraction of sp³-hybridized carbons (Fsp3) is 0.538. The first kappa shape index (κ1) is 12.3. The fourth-order valence-electron chi connectivity index (χ4n) is 2.07. The molecule has 17 heavy (non-hydrogen) atoms. The molecular formula is C13H20FN3. The Labute approximate surface area is 102 Å². The summed E-state index contributed by atoms with van der Waals surface area (Å²) in [6.07, 6.45) is 1.09. The average molecular weight is 237 g/mol. The first-order chi connectivity index (χ1) is 8.34. The first-order valence-electron chi connectivity index (χ1n) is 6.27. The maximum absolute atomic E-state index is 12.9. The molecule has 94 valence electrons. The van der Waals surface area contributed by atoms with E-state index in [1.807, 2.05) is 6.07 Å². The predicted octanol–water partition coefficient (Wildman–Crippen LogP) is 1.53. The molecule has 0 radical (unpaired) electrons. The molecule has 0 amide bonds. The van der Waals surface area contributed by atoms with Gasteiger partial charge in [-0.25, -0.2) is 4.39 Å². The summed E-state index contributed by atoms with van der Waals surface area (Å²) in [6, 6.07) is 6.62. The molecule has 1 aliphatic rings. The number of halogens is 1. The van der Waals surface area contributed by atoms with E-state index < -0.39 is 0 Å². The van der Waals surface area contributed by atoms with Gasteiger partial charge in [0.25, 0.3) is 0 Å². The third-order valence-corrected chi connectivity index (χ3v) is 3.01. The molecule has 1 aromatic carbocycles. The minimum Gasteiger partial charge on any atom is -0.385 e. The lowest BCUT2D eigenvalue weighted by Gasteiger charge is -2.27. The second-order valence-corrected chi connectivity index (χ2v) is 4.38. The molecule has 2 N–H and O–H groups in total. The summed E-state index contributed by atoms with van der Waals surface area (Å²) in [7, 11) is 0. The van der Waals surface area contributed by atoms with Crippen molar-refractivity contribution in [1.29, 1.82) is 0 Å². The summed E-state index contributed by atoms with van der Waals surface area (Å²) in [5.74, 6) is -0.183. The van der Waals surface area contributed by atoms with Crippen molar-refractivity contribution < 1.29 is 4.39 Å². The van der Waals surface area contributed by atoms with Crippen LogP contribution in [0.1, 0.15) is 6.42 Å². The molecule has 0 aliphatic carbocycles. The van der Waals surface area contributed by atoms with Gasteiger partial charge in [-0.2, -0.15) is 0 Å². The van der Waals surface area contributed by atoms with E-state index in [0.717, 1.165) is 51.4 Å². The van der Waals surface area contributed by atoms with E-state index in [0.29, 0.717) is 0 Å². The van der Waals surface area contributed by atoms with Gasteiger partial charge in [-0.3, -0.25) is 0 Å². The number of nitrogens with zero attached hydrogens (tertiary/aromatic N) is 1. The van der Waals surface area contributed by atoms with E-state index in [1.165, 1.54) is 12.1 Å². The highest BCUT2D eigenvalue weighted by Gasteiger charge is 2.07. The molecule has 0 unspecified atom stereocenters. The summed E-state index contributed by atoms with van der Waals surface area (Å²) in [4.78, 5) is 2.46. The Morgan fingerprint density at radius 2 is 2.12 bits per heavy atom. The van der Waals surface area contributed by atoms with Crippen LogP contribution in [0.3, 0.4) is 0 Å². The lowest BCUT2D eigenvalue weighted by atomic mass is 10.3. The van der Waals surface area contributed by atoms with E-state index in [4.69, 9.17) is 0 Å². The Morgan fingerprint density at radius 3 is 2.88 bits per heavy atom. The molecule has 1 aromatic rings. The van der Waals surface area contributed by atoms with Crippen LogP contribution in [0.25, 0.3) is 0 Å². The minimum absolute atomic E-state index is 0.183. The van der Waals surface area contributed by atoms with E-state index >= 15 is 0 Å².